The van der Waals surface area contributed by atoms with E-state index in [0.717, 1.165) is 38.5 Å². The number of urea groups is 1. The number of benzene rings is 3. The third-order valence-corrected chi connectivity index (χ3v) is 12.9. The predicted molar refractivity (Wildman–Crippen MR) is 277 cm³/mol. The van der Waals surface area contributed by atoms with Crippen molar-refractivity contribution in [2.45, 2.75) is 213 Å². The molecule has 1 saturated heterocycles. The highest BCUT2D eigenvalue weighted by Gasteiger charge is 2.28. The van der Waals surface area contributed by atoms with Gasteiger partial charge in [0, 0.05) is 5.39 Å². The Hall–Kier alpha value is -4.86. The second-order valence-corrected chi connectivity index (χ2v) is 18.8. The molecule has 0 aromatic heterocycles. The summed E-state index contributed by atoms with van der Waals surface area (Å²) in [5.41, 5.74) is 0.623. The van der Waals surface area contributed by atoms with Gasteiger partial charge in [0.05, 0.1) is 25.4 Å². The topological polar surface area (TPSA) is 129 Å². The van der Waals surface area contributed by atoms with Crippen molar-refractivity contribution in [3.8, 4) is 23.0 Å². The third-order valence-electron chi connectivity index (χ3n) is 12.9. The van der Waals surface area contributed by atoms with Crippen LogP contribution < -0.4 is 29.6 Å². The minimum Gasteiger partial charge on any atom is -0.490 e. The molecule has 1 aliphatic rings. The number of amides is 4. The van der Waals surface area contributed by atoms with E-state index in [-0.39, 0.29) is 11.1 Å². The average Bonchev–Trinajstić information content (AvgIpc) is 3.33. The third kappa shape index (κ3) is 21.2. The largest absolute Gasteiger partial charge is 0.490 e. The molecule has 0 bridgehead atoms. The van der Waals surface area contributed by atoms with Gasteiger partial charge in [0.2, 0.25) is 5.75 Å². The van der Waals surface area contributed by atoms with Gasteiger partial charge in [-0.25, -0.2) is 9.59 Å². The molecule has 0 atom stereocenters. The quantitative estimate of drug-likeness (QED) is 0.0190. The Kier molecular flexibility index (Phi) is 28.2. The number of nitrogens with one attached hydrogen (secondary N) is 2. The Bertz CT molecular complexity index is 1910. The Morgan fingerprint density at radius 2 is 0.838 bits per heavy atom. The normalized spacial score (nSPS) is 12.6. The van der Waals surface area contributed by atoms with Crippen LogP contribution >= 0.6 is 0 Å². The van der Waals surface area contributed by atoms with Crippen LogP contribution in [0, 0.1) is 0 Å². The van der Waals surface area contributed by atoms with Gasteiger partial charge < -0.3 is 18.9 Å². The zero-order valence-electron chi connectivity index (χ0n) is 42.3. The van der Waals surface area contributed by atoms with Crippen molar-refractivity contribution < 1.29 is 38.1 Å². The van der Waals surface area contributed by atoms with Crippen LogP contribution in [0.2, 0.25) is 0 Å². The SMILES string of the molecule is CCCCCCCCCCCCOc1cc(C(=O)Oc2ccc(C=C3C(=O)NC(=O)NC3=O)c3ccccc23)cc(OCCCCCCCCCCCC)c1OCCCCCCCCCCCC. The highest BCUT2D eigenvalue weighted by Crippen LogP contribution is 2.40. The number of rotatable bonds is 39. The Balaban J connectivity index is 1.51. The molecule has 10 nitrogen and oxygen atoms in total. The van der Waals surface area contributed by atoms with Crippen LogP contribution in [0.25, 0.3) is 16.8 Å². The second kappa shape index (κ2) is 34.4. The lowest BCUT2D eigenvalue weighted by molar-refractivity contribution is -0.123. The highest BCUT2D eigenvalue weighted by atomic mass is 16.5. The number of hydrogen-bond acceptors (Lipinski definition) is 8. The zero-order valence-corrected chi connectivity index (χ0v) is 42.3. The molecule has 0 aliphatic carbocycles. The summed E-state index contributed by atoms with van der Waals surface area (Å²) in [5, 5.41) is 5.49. The molecule has 1 aliphatic heterocycles. The summed E-state index contributed by atoms with van der Waals surface area (Å²) in [6, 6.07) is 13.2. The summed E-state index contributed by atoms with van der Waals surface area (Å²) in [6.07, 6.45) is 38.1. The van der Waals surface area contributed by atoms with E-state index in [9.17, 15) is 19.2 Å². The molecule has 4 rings (SSSR count). The van der Waals surface area contributed by atoms with Gasteiger partial charge >= 0.3 is 12.0 Å². The summed E-state index contributed by atoms with van der Waals surface area (Å²) >= 11 is 0. The number of carbonyl (C=O) groups is 4. The summed E-state index contributed by atoms with van der Waals surface area (Å²) in [6.45, 7) is 8.28. The molecule has 0 unspecified atom stereocenters. The molecule has 1 fully saturated rings. The van der Waals surface area contributed by atoms with Gasteiger partial charge in [-0.15, -0.1) is 0 Å². The molecule has 0 spiro atoms. The number of barbiturate groups is 1. The van der Waals surface area contributed by atoms with Gasteiger partial charge in [0.25, 0.3) is 11.8 Å². The van der Waals surface area contributed by atoms with Crippen molar-refractivity contribution in [1.29, 1.82) is 0 Å². The first-order chi connectivity index (χ1) is 33.4. The maximum Gasteiger partial charge on any atom is 0.343 e. The fourth-order valence-corrected chi connectivity index (χ4v) is 8.79. The Labute approximate surface area is 409 Å². The fourth-order valence-electron chi connectivity index (χ4n) is 8.79. The molecule has 10 heteroatoms. The van der Waals surface area contributed by atoms with Crippen molar-refractivity contribution in [2.24, 2.45) is 0 Å². The van der Waals surface area contributed by atoms with E-state index >= 15 is 0 Å². The van der Waals surface area contributed by atoms with Crippen molar-refractivity contribution in [3.63, 3.8) is 0 Å². The number of hydrogen-bond donors (Lipinski definition) is 2. The predicted octanol–water partition coefficient (Wildman–Crippen LogP) is 15.7. The summed E-state index contributed by atoms with van der Waals surface area (Å²) < 4.78 is 25.8. The molecule has 376 valence electrons. The fraction of sp³-hybridized carbons (Fsp3) is 0.621. The number of esters is 1. The number of carbonyl (C=O) groups excluding carboxylic acids is 4. The molecule has 0 radical (unpaired) electrons. The maximum absolute atomic E-state index is 14.2. The molecule has 68 heavy (non-hydrogen) atoms. The average molecular weight is 939 g/mol. The number of imide groups is 2. The molecule has 3 aromatic rings. The van der Waals surface area contributed by atoms with E-state index in [1.807, 2.05) is 24.3 Å². The molecular formula is C58H86N2O8. The van der Waals surface area contributed by atoms with Gasteiger partial charge in [-0.3, -0.25) is 20.2 Å². The summed E-state index contributed by atoms with van der Waals surface area (Å²) in [7, 11) is 0. The van der Waals surface area contributed by atoms with E-state index in [0.29, 0.717) is 59.2 Å². The van der Waals surface area contributed by atoms with E-state index in [1.165, 1.54) is 160 Å². The van der Waals surface area contributed by atoms with Crippen molar-refractivity contribution in [3.05, 3.63) is 65.2 Å². The van der Waals surface area contributed by atoms with E-state index in [2.05, 4.69) is 31.4 Å². The molecule has 2 N–H and O–H groups in total. The lowest BCUT2D eigenvalue weighted by Gasteiger charge is -2.19. The van der Waals surface area contributed by atoms with Crippen LogP contribution in [0.4, 0.5) is 4.79 Å². The first kappa shape index (κ1) is 55.7. The Morgan fingerprint density at radius 1 is 0.456 bits per heavy atom. The lowest BCUT2D eigenvalue weighted by Crippen LogP contribution is -2.51. The molecule has 4 amide bonds. The number of unbranched alkanes of at least 4 members (excludes halogenated alkanes) is 27. The van der Waals surface area contributed by atoms with Crippen molar-refractivity contribution in [2.75, 3.05) is 19.8 Å². The standard InChI is InChI=1S/C58H86N2O8/c1-4-7-10-13-16-19-22-25-28-33-40-65-52-44-47(57(63)68-51-39-38-46(48-36-31-32-37-49(48)51)43-50-55(61)59-58(64)60-56(50)62)45-53(66-41-34-29-26-23-20-17-14-11-8-5-2)54(52)67-42-35-30-27-24-21-18-15-12-9-6-3/h31-32,36-39,43-45H,4-30,33-35,40-42H2,1-3H3,(H2,59,60,61,62,64). The van der Waals surface area contributed by atoms with E-state index in [1.54, 1.807) is 24.3 Å². The highest BCUT2D eigenvalue weighted by molar-refractivity contribution is 6.31. The first-order valence-corrected chi connectivity index (χ1v) is 27.0. The monoisotopic (exact) mass is 939 g/mol. The van der Waals surface area contributed by atoms with Crippen molar-refractivity contribution >= 4 is 40.7 Å². The number of fused-ring (bicyclic) bond motifs is 1. The number of ether oxygens (including phenoxy) is 4. The van der Waals surface area contributed by atoms with Crippen molar-refractivity contribution in [1.82, 2.24) is 10.6 Å². The van der Waals surface area contributed by atoms with Crippen LogP contribution in [0.3, 0.4) is 0 Å². The van der Waals surface area contributed by atoms with Gasteiger partial charge in [0.15, 0.2) is 11.5 Å². The van der Waals surface area contributed by atoms with Gasteiger partial charge in [-0.2, -0.15) is 0 Å². The summed E-state index contributed by atoms with van der Waals surface area (Å²) in [4.78, 5) is 51.0. The first-order valence-electron chi connectivity index (χ1n) is 27.0. The van der Waals surface area contributed by atoms with Crippen LogP contribution in [0.15, 0.2) is 54.1 Å². The zero-order chi connectivity index (χ0) is 48.4. The smallest absolute Gasteiger partial charge is 0.343 e. The molecule has 1 heterocycles. The summed E-state index contributed by atoms with van der Waals surface area (Å²) in [5.74, 6) is -0.345. The van der Waals surface area contributed by atoms with Gasteiger partial charge in [-0.1, -0.05) is 224 Å². The van der Waals surface area contributed by atoms with Crippen LogP contribution in [-0.4, -0.2) is 43.6 Å². The van der Waals surface area contributed by atoms with E-state index in [4.69, 9.17) is 18.9 Å². The van der Waals surface area contributed by atoms with Gasteiger partial charge in [-0.05, 0) is 54.5 Å². The van der Waals surface area contributed by atoms with Gasteiger partial charge in [0.1, 0.15) is 11.3 Å². The van der Waals surface area contributed by atoms with Crippen LogP contribution in [0.1, 0.15) is 229 Å². The Morgan fingerprint density at radius 3 is 1.26 bits per heavy atom. The lowest BCUT2D eigenvalue weighted by atomic mass is 10.0. The second-order valence-electron chi connectivity index (χ2n) is 18.8. The van der Waals surface area contributed by atoms with Crippen LogP contribution in [-0.2, 0) is 9.59 Å². The molecule has 3 aromatic carbocycles. The molecule has 0 saturated carbocycles. The maximum atomic E-state index is 14.2. The van der Waals surface area contributed by atoms with Crippen LogP contribution in [0.5, 0.6) is 23.0 Å². The van der Waals surface area contributed by atoms with E-state index < -0.39 is 23.8 Å². The molecular weight excluding hydrogens is 853 g/mol. The minimum atomic E-state index is -0.863. The minimum absolute atomic E-state index is 0.203.